The molecular weight excluding hydrogens is 356 g/mol. The molecule has 1 aliphatic rings. The number of methoxy groups -OCH3 is 1. The minimum atomic E-state index is -0.476. The predicted octanol–water partition coefficient (Wildman–Crippen LogP) is 3.66. The minimum absolute atomic E-state index is 0.418. The molecule has 0 bridgehead atoms. The summed E-state index contributed by atoms with van der Waals surface area (Å²) in [7, 11) is 1.34. The molecule has 1 fully saturated rings. The number of hydrogen-bond donors (Lipinski definition) is 3. The van der Waals surface area contributed by atoms with Crippen LogP contribution in [0.5, 0.6) is 0 Å². The van der Waals surface area contributed by atoms with E-state index in [-0.39, 0.29) is 0 Å². The largest absolute Gasteiger partial charge is 0.453 e. The molecule has 7 nitrogen and oxygen atoms in total. The van der Waals surface area contributed by atoms with E-state index in [1.807, 2.05) is 31.2 Å². The van der Waals surface area contributed by atoms with E-state index in [2.05, 4.69) is 25.7 Å². The number of carbonyl (C=O) groups is 1. The van der Waals surface area contributed by atoms with Crippen molar-refractivity contribution < 1.29 is 14.3 Å². The maximum absolute atomic E-state index is 11.2. The molecule has 28 heavy (non-hydrogen) atoms. The number of guanidine groups is 1. The van der Waals surface area contributed by atoms with Gasteiger partial charge in [-0.3, -0.25) is 5.32 Å². The molecule has 0 atom stereocenters. The fraction of sp³-hybridized carbons (Fsp3) is 0.619. The van der Waals surface area contributed by atoms with Crippen LogP contribution >= 0.6 is 0 Å². The number of rotatable bonds is 8. The smallest absolute Gasteiger partial charge is 0.411 e. The highest BCUT2D eigenvalue weighted by molar-refractivity contribution is 5.84. The van der Waals surface area contributed by atoms with Crippen LogP contribution in [0.4, 0.5) is 10.5 Å². The lowest BCUT2D eigenvalue weighted by Crippen LogP contribution is -2.39. The van der Waals surface area contributed by atoms with Crippen LogP contribution in [0.15, 0.2) is 29.3 Å². The molecule has 0 aromatic heterocycles. The van der Waals surface area contributed by atoms with Gasteiger partial charge in [0.25, 0.3) is 0 Å². The number of aliphatic imine (C=N–C) groups is 1. The van der Waals surface area contributed by atoms with E-state index >= 15 is 0 Å². The van der Waals surface area contributed by atoms with Gasteiger partial charge in [-0.2, -0.15) is 0 Å². The summed E-state index contributed by atoms with van der Waals surface area (Å²) in [5.74, 6) is 0.781. The lowest BCUT2D eigenvalue weighted by Gasteiger charge is -2.16. The molecule has 0 saturated heterocycles. The minimum Gasteiger partial charge on any atom is -0.453 e. The van der Waals surface area contributed by atoms with Gasteiger partial charge in [0.05, 0.1) is 26.4 Å². The van der Waals surface area contributed by atoms with Crippen LogP contribution in [0, 0.1) is 0 Å². The fourth-order valence-electron chi connectivity index (χ4n) is 3.18. The summed E-state index contributed by atoms with van der Waals surface area (Å²) in [6.45, 7) is 4.84. The Balaban J connectivity index is 1.75. The van der Waals surface area contributed by atoms with Gasteiger partial charge >= 0.3 is 6.09 Å². The number of ether oxygens (including phenoxy) is 2. The second-order valence-electron chi connectivity index (χ2n) is 6.92. The second kappa shape index (κ2) is 13.0. The number of nitrogens with zero attached hydrogens (tertiary/aromatic N) is 1. The Morgan fingerprint density at radius 2 is 1.82 bits per heavy atom. The highest BCUT2D eigenvalue weighted by Crippen LogP contribution is 2.19. The lowest BCUT2D eigenvalue weighted by molar-refractivity contribution is 0.0468. The molecule has 1 aliphatic carbocycles. The number of amides is 1. The van der Waals surface area contributed by atoms with Crippen molar-refractivity contribution >= 4 is 17.7 Å². The summed E-state index contributed by atoms with van der Waals surface area (Å²) >= 11 is 0. The van der Waals surface area contributed by atoms with E-state index < -0.39 is 6.09 Å². The first-order valence-corrected chi connectivity index (χ1v) is 10.3. The molecule has 7 heteroatoms. The predicted molar refractivity (Wildman–Crippen MR) is 113 cm³/mol. The van der Waals surface area contributed by atoms with Crippen molar-refractivity contribution in [1.82, 2.24) is 10.6 Å². The molecule has 156 valence electrons. The van der Waals surface area contributed by atoms with Crippen molar-refractivity contribution in [3.63, 3.8) is 0 Å². The third-order valence-electron chi connectivity index (χ3n) is 4.70. The van der Waals surface area contributed by atoms with E-state index in [1.54, 1.807) is 0 Å². The van der Waals surface area contributed by atoms with E-state index in [0.717, 1.165) is 24.6 Å². The zero-order valence-corrected chi connectivity index (χ0v) is 17.1. The summed E-state index contributed by atoms with van der Waals surface area (Å²) in [5.41, 5.74) is 1.75. The standard InChI is InChI=1S/C21H34N4O3/c1-3-22-20(23-14-15-28-19-8-6-4-5-7-9-19)24-16-17-10-12-18(13-11-17)25-21(26)27-2/h10-13,19H,3-9,14-16H2,1-2H3,(H,25,26)(H2,22,23,24). The zero-order valence-electron chi connectivity index (χ0n) is 17.1. The monoisotopic (exact) mass is 390 g/mol. The molecule has 1 amide bonds. The lowest BCUT2D eigenvalue weighted by atomic mass is 10.1. The molecular formula is C21H34N4O3. The van der Waals surface area contributed by atoms with Gasteiger partial charge in [0, 0.05) is 18.8 Å². The Bertz CT molecular complexity index is 596. The molecule has 0 spiro atoms. The molecule has 0 aliphatic heterocycles. The number of nitrogens with one attached hydrogen (secondary N) is 3. The van der Waals surface area contributed by atoms with Crippen molar-refractivity contribution in [2.24, 2.45) is 4.99 Å². The number of hydrogen-bond acceptors (Lipinski definition) is 4. The van der Waals surface area contributed by atoms with Crippen LogP contribution in [0.1, 0.15) is 51.0 Å². The van der Waals surface area contributed by atoms with Gasteiger partial charge in [0.15, 0.2) is 5.96 Å². The van der Waals surface area contributed by atoms with Gasteiger partial charge in [-0.1, -0.05) is 37.8 Å². The van der Waals surface area contributed by atoms with Crippen LogP contribution in [-0.2, 0) is 16.0 Å². The maximum Gasteiger partial charge on any atom is 0.411 e. The number of carbonyl (C=O) groups excluding carboxylic acids is 1. The molecule has 0 heterocycles. The van der Waals surface area contributed by atoms with Crippen molar-refractivity contribution in [1.29, 1.82) is 0 Å². The molecule has 0 unspecified atom stereocenters. The zero-order chi connectivity index (χ0) is 20.0. The first-order chi connectivity index (χ1) is 13.7. The van der Waals surface area contributed by atoms with E-state index in [1.165, 1.54) is 45.6 Å². The Labute approximate surface area is 168 Å². The second-order valence-corrected chi connectivity index (χ2v) is 6.92. The number of anilines is 1. The summed E-state index contributed by atoms with van der Waals surface area (Å²) in [6, 6.07) is 7.55. The molecule has 1 aromatic rings. The van der Waals surface area contributed by atoms with Gasteiger partial charge in [-0.05, 0) is 37.5 Å². The van der Waals surface area contributed by atoms with Gasteiger partial charge in [-0.25, -0.2) is 9.79 Å². The average Bonchev–Trinajstić information content (AvgIpc) is 2.99. The molecule has 1 aromatic carbocycles. The molecule has 2 rings (SSSR count). The van der Waals surface area contributed by atoms with Crippen LogP contribution in [-0.4, -0.2) is 45.0 Å². The van der Waals surface area contributed by atoms with Gasteiger partial charge in [0.2, 0.25) is 0 Å². The van der Waals surface area contributed by atoms with Crippen LogP contribution in [0.3, 0.4) is 0 Å². The summed E-state index contributed by atoms with van der Waals surface area (Å²) in [4.78, 5) is 15.8. The van der Waals surface area contributed by atoms with E-state index in [9.17, 15) is 4.79 Å². The van der Waals surface area contributed by atoms with E-state index in [4.69, 9.17) is 4.74 Å². The van der Waals surface area contributed by atoms with Crippen molar-refractivity contribution in [2.75, 3.05) is 32.1 Å². The summed E-state index contributed by atoms with van der Waals surface area (Å²) < 4.78 is 10.6. The van der Waals surface area contributed by atoms with E-state index in [0.29, 0.717) is 24.9 Å². The highest BCUT2D eigenvalue weighted by Gasteiger charge is 2.12. The average molecular weight is 391 g/mol. The fourth-order valence-corrected chi connectivity index (χ4v) is 3.18. The first-order valence-electron chi connectivity index (χ1n) is 10.3. The number of benzene rings is 1. The van der Waals surface area contributed by atoms with Crippen molar-refractivity contribution in [3.8, 4) is 0 Å². The van der Waals surface area contributed by atoms with Gasteiger partial charge < -0.3 is 20.1 Å². The third kappa shape index (κ3) is 8.61. The topological polar surface area (TPSA) is 84.0 Å². The van der Waals surface area contributed by atoms with Crippen LogP contribution < -0.4 is 16.0 Å². The highest BCUT2D eigenvalue weighted by atomic mass is 16.5. The molecule has 0 radical (unpaired) electrons. The Hall–Kier alpha value is -2.28. The quantitative estimate of drug-likeness (QED) is 0.273. The van der Waals surface area contributed by atoms with Crippen molar-refractivity contribution in [3.05, 3.63) is 29.8 Å². The Morgan fingerprint density at radius 1 is 1.11 bits per heavy atom. The maximum atomic E-state index is 11.2. The molecule has 3 N–H and O–H groups in total. The molecule has 1 saturated carbocycles. The van der Waals surface area contributed by atoms with Crippen molar-refractivity contribution in [2.45, 2.75) is 58.1 Å². The van der Waals surface area contributed by atoms with Crippen LogP contribution in [0.25, 0.3) is 0 Å². The Morgan fingerprint density at radius 3 is 2.46 bits per heavy atom. The first kappa shape index (κ1) is 22.0. The van der Waals surface area contributed by atoms with Crippen LogP contribution in [0.2, 0.25) is 0 Å². The van der Waals surface area contributed by atoms with Gasteiger partial charge in [-0.15, -0.1) is 0 Å². The normalized spacial score (nSPS) is 15.6. The SMILES string of the molecule is CCNC(=NCc1ccc(NC(=O)OC)cc1)NCCOC1CCCCCC1. The Kier molecular flexibility index (Phi) is 10.2. The summed E-state index contributed by atoms with van der Waals surface area (Å²) in [5, 5.41) is 9.22. The third-order valence-corrected chi connectivity index (χ3v) is 4.70. The van der Waals surface area contributed by atoms with Gasteiger partial charge in [0.1, 0.15) is 0 Å². The summed E-state index contributed by atoms with van der Waals surface area (Å²) in [6.07, 6.45) is 7.58.